The number of hydrogen-bond acceptors (Lipinski definition) is 2. The summed E-state index contributed by atoms with van der Waals surface area (Å²) < 4.78 is 0. The molecule has 1 aromatic carbocycles. The third-order valence-corrected chi connectivity index (χ3v) is 4.32. The highest BCUT2D eigenvalue weighted by Crippen LogP contribution is 2.21. The largest absolute Gasteiger partial charge is 0.376 e. The van der Waals surface area contributed by atoms with Crippen molar-refractivity contribution in [2.45, 2.75) is 52.4 Å². The van der Waals surface area contributed by atoms with Crippen LogP contribution in [0.3, 0.4) is 0 Å². The topological polar surface area (TPSA) is 41.1 Å². The zero-order valence-corrected chi connectivity index (χ0v) is 13.9. The quantitative estimate of drug-likeness (QED) is 0.748. The fourth-order valence-corrected chi connectivity index (χ4v) is 3.00. The van der Waals surface area contributed by atoms with E-state index in [1.165, 1.54) is 42.4 Å². The first-order valence-corrected chi connectivity index (χ1v) is 8.47. The lowest BCUT2D eigenvalue weighted by Crippen LogP contribution is -2.31. The fourth-order valence-electron chi connectivity index (χ4n) is 3.00. The van der Waals surface area contributed by atoms with Gasteiger partial charge in [0.1, 0.15) is 0 Å². The SMILES string of the molecule is CCc1cccc(C)c1NCC(=O)NCCC1=CCCCC1. The van der Waals surface area contributed by atoms with Gasteiger partial charge >= 0.3 is 0 Å². The summed E-state index contributed by atoms with van der Waals surface area (Å²) in [5.41, 5.74) is 5.07. The van der Waals surface area contributed by atoms with Crippen LogP contribution in [-0.4, -0.2) is 19.0 Å². The van der Waals surface area contributed by atoms with E-state index in [0.29, 0.717) is 6.54 Å². The first-order chi connectivity index (χ1) is 10.7. The molecule has 120 valence electrons. The van der Waals surface area contributed by atoms with Crippen molar-refractivity contribution < 1.29 is 4.79 Å². The minimum atomic E-state index is 0.0710. The highest BCUT2D eigenvalue weighted by atomic mass is 16.1. The Kier molecular flexibility index (Phi) is 6.50. The molecular weight excluding hydrogens is 272 g/mol. The molecule has 0 fully saturated rings. The molecule has 0 spiro atoms. The molecule has 0 unspecified atom stereocenters. The van der Waals surface area contributed by atoms with Gasteiger partial charge in [-0.15, -0.1) is 0 Å². The van der Waals surface area contributed by atoms with E-state index in [-0.39, 0.29) is 5.91 Å². The monoisotopic (exact) mass is 300 g/mol. The molecule has 3 nitrogen and oxygen atoms in total. The van der Waals surface area contributed by atoms with Crippen molar-refractivity contribution in [2.75, 3.05) is 18.4 Å². The number of amides is 1. The van der Waals surface area contributed by atoms with E-state index in [0.717, 1.165) is 25.1 Å². The number of allylic oxidation sites excluding steroid dienone is 1. The number of carbonyl (C=O) groups excluding carboxylic acids is 1. The van der Waals surface area contributed by atoms with Gasteiger partial charge in [0.05, 0.1) is 6.54 Å². The summed E-state index contributed by atoms with van der Waals surface area (Å²) in [5.74, 6) is 0.0710. The van der Waals surface area contributed by atoms with E-state index in [9.17, 15) is 4.79 Å². The molecule has 0 saturated carbocycles. The second kappa shape index (κ2) is 8.62. The third kappa shape index (κ3) is 4.90. The van der Waals surface area contributed by atoms with Crippen LogP contribution < -0.4 is 10.6 Å². The van der Waals surface area contributed by atoms with Crippen LogP contribution in [0.1, 0.15) is 50.2 Å². The van der Waals surface area contributed by atoms with E-state index in [1.54, 1.807) is 0 Å². The van der Waals surface area contributed by atoms with Crippen LogP contribution in [0.5, 0.6) is 0 Å². The van der Waals surface area contributed by atoms with Crippen molar-refractivity contribution in [1.82, 2.24) is 5.32 Å². The van der Waals surface area contributed by atoms with Crippen LogP contribution in [0.15, 0.2) is 29.8 Å². The Morgan fingerprint density at radius 3 is 2.86 bits per heavy atom. The lowest BCUT2D eigenvalue weighted by atomic mass is 9.97. The molecule has 0 radical (unpaired) electrons. The Morgan fingerprint density at radius 1 is 1.27 bits per heavy atom. The summed E-state index contributed by atoms with van der Waals surface area (Å²) in [6.07, 6.45) is 9.34. The third-order valence-electron chi connectivity index (χ3n) is 4.32. The summed E-state index contributed by atoms with van der Waals surface area (Å²) in [6.45, 7) is 5.31. The van der Waals surface area contributed by atoms with E-state index >= 15 is 0 Å². The van der Waals surface area contributed by atoms with Gasteiger partial charge in [-0.1, -0.05) is 36.8 Å². The van der Waals surface area contributed by atoms with Crippen molar-refractivity contribution in [2.24, 2.45) is 0 Å². The zero-order valence-electron chi connectivity index (χ0n) is 13.9. The van der Waals surface area contributed by atoms with Gasteiger partial charge in [-0.3, -0.25) is 4.79 Å². The van der Waals surface area contributed by atoms with E-state index < -0.39 is 0 Å². The predicted octanol–water partition coefficient (Wildman–Crippen LogP) is 3.98. The van der Waals surface area contributed by atoms with Gasteiger partial charge in [0.25, 0.3) is 0 Å². The van der Waals surface area contributed by atoms with Crippen LogP contribution in [0.4, 0.5) is 5.69 Å². The van der Waals surface area contributed by atoms with Crippen molar-refractivity contribution in [3.63, 3.8) is 0 Å². The van der Waals surface area contributed by atoms with Crippen LogP contribution in [-0.2, 0) is 11.2 Å². The number of anilines is 1. The summed E-state index contributed by atoms with van der Waals surface area (Å²) in [7, 11) is 0. The van der Waals surface area contributed by atoms with E-state index in [2.05, 4.69) is 48.8 Å². The fraction of sp³-hybridized carbons (Fsp3) is 0.526. The van der Waals surface area contributed by atoms with Crippen LogP contribution in [0.25, 0.3) is 0 Å². The number of aryl methyl sites for hydroxylation is 2. The van der Waals surface area contributed by atoms with Gasteiger partial charge in [0, 0.05) is 12.2 Å². The van der Waals surface area contributed by atoms with Crippen molar-refractivity contribution in [3.05, 3.63) is 41.0 Å². The Balaban J connectivity index is 1.75. The second-order valence-electron chi connectivity index (χ2n) is 6.02. The number of carbonyl (C=O) groups is 1. The maximum absolute atomic E-state index is 12.0. The smallest absolute Gasteiger partial charge is 0.239 e. The maximum atomic E-state index is 12.0. The molecule has 0 atom stereocenters. The minimum absolute atomic E-state index is 0.0710. The van der Waals surface area contributed by atoms with Crippen molar-refractivity contribution >= 4 is 11.6 Å². The molecule has 2 N–H and O–H groups in total. The van der Waals surface area contributed by atoms with Gasteiger partial charge in [-0.25, -0.2) is 0 Å². The molecule has 0 aromatic heterocycles. The van der Waals surface area contributed by atoms with Gasteiger partial charge in [-0.2, -0.15) is 0 Å². The average molecular weight is 300 g/mol. The number of nitrogens with one attached hydrogen (secondary N) is 2. The van der Waals surface area contributed by atoms with E-state index in [4.69, 9.17) is 0 Å². The van der Waals surface area contributed by atoms with Gasteiger partial charge in [0.2, 0.25) is 5.91 Å². The molecule has 1 amide bonds. The molecule has 0 aliphatic heterocycles. The summed E-state index contributed by atoms with van der Waals surface area (Å²) in [4.78, 5) is 12.0. The van der Waals surface area contributed by atoms with Gasteiger partial charge in [0.15, 0.2) is 0 Å². The van der Waals surface area contributed by atoms with Crippen molar-refractivity contribution in [1.29, 1.82) is 0 Å². The standard InChI is InChI=1S/C19H28N2O/c1-3-17-11-7-8-15(2)19(17)21-14-18(22)20-13-12-16-9-5-4-6-10-16/h7-9,11,21H,3-6,10,12-14H2,1-2H3,(H,20,22). The molecule has 3 heteroatoms. The van der Waals surface area contributed by atoms with Gasteiger partial charge in [-0.05, 0) is 56.6 Å². The Labute approximate surface area is 134 Å². The Hall–Kier alpha value is -1.77. The van der Waals surface area contributed by atoms with Crippen LogP contribution in [0.2, 0.25) is 0 Å². The minimum Gasteiger partial charge on any atom is -0.376 e. The van der Waals surface area contributed by atoms with Gasteiger partial charge < -0.3 is 10.6 Å². The Bertz CT molecular complexity index is 534. The molecule has 2 rings (SSSR count). The number of benzene rings is 1. The van der Waals surface area contributed by atoms with Crippen molar-refractivity contribution in [3.8, 4) is 0 Å². The lowest BCUT2D eigenvalue weighted by Gasteiger charge is -2.15. The molecule has 0 saturated heterocycles. The average Bonchev–Trinajstić information content (AvgIpc) is 2.54. The second-order valence-corrected chi connectivity index (χ2v) is 6.02. The number of rotatable bonds is 7. The Morgan fingerprint density at radius 2 is 2.14 bits per heavy atom. The molecule has 1 aliphatic rings. The number of para-hydroxylation sites is 1. The predicted molar refractivity (Wildman–Crippen MR) is 93.2 cm³/mol. The molecule has 0 bridgehead atoms. The number of hydrogen-bond donors (Lipinski definition) is 2. The molecule has 0 heterocycles. The molecular formula is C19H28N2O. The summed E-state index contributed by atoms with van der Waals surface area (Å²) in [5, 5.41) is 6.31. The summed E-state index contributed by atoms with van der Waals surface area (Å²) >= 11 is 0. The highest BCUT2D eigenvalue weighted by Gasteiger charge is 2.07. The molecule has 1 aromatic rings. The van der Waals surface area contributed by atoms with Crippen LogP contribution >= 0.6 is 0 Å². The first-order valence-electron chi connectivity index (χ1n) is 8.47. The lowest BCUT2D eigenvalue weighted by molar-refractivity contribution is -0.119. The normalized spacial score (nSPS) is 14.4. The maximum Gasteiger partial charge on any atom is 0.239 e. The van der Waals surface area contributed by atoms with Crippen LogP contribution in [0, 0.1) is 6.92 Å². The van der Waals surface area contributed by atoms with E-state index in [1.807, 2.05) is 0 Å². The summed E-state index contributed by atoms with van der Waals surface area (Å²) in [6, 6.07) is 6.26. The molecule has 1 aliphatic carbocycles. The molecule has 22 heavy (non-hydrogen) atoms. The zero-order chi connectivity index (χ0) is 15.8. The first kappa shape index (κ1) is 16.6. The highest BCUT2D eigenvalue weighted by molar-refractivity contribution is 5.81.